The number of hydrogen-bond acceptors (Lipinski definition) is 5. The van der Waals surface area contributed by atoms with Crippen LogP contribution in [0.1, 0.15) is 16.0 Å². The van der Waals surface area contributed by atoms with E-state index in [4.69, 9.17) is 11.6 Å². The summed E-state index contributed by atoms with van der Waals surface area (Å²) in [6, 6.07) is 14.0. The van der Waals surface area contributed by atoms with Crippen LogP contribution in [0, 0.1) is 13.8 Å². The van der Waals surface area contributed by atoms with Crippen molar-refractivity contribution in [3.05, 3.63) is 69.1 Å². The van der Waals surface area contributed by atoms with Crippen molar-refractivity contribution in [2.75, 3.05) is 5.32 Å². The molecule has 0 spiro atoms. The Morgan fingerprint density at radius 3 is 2.50 bits per heavy atom. The van der Waals surface area contributed by atoms with E-state index in [0.29, 0.717) is 11.0 Å². The Kier molecular flexibility index (Phi) is 5.23. The Bertz CT molecular complexity index is 856. The van der Waals surface area contributed by atoms with E-state index >= 15 is 0 Å². The fraction of sp³-hybridized carbons (Fsp3) is 0.167. The van der Waals surface area contributed by atoms with E-state index in [1.54, 1.807) is 6.20 Å². The molecule has 0 amide bonds. The molecule has 0 fully saturated rings. The van der Waals surface area contributed by atoms with Gasteiger partial charge in [0.1, 0.15) is 5.69 Å². The first-order chi connectivity index (χ1) is 11.6. The molecular formula is C18H17ClN4S. The maximum absolute atomic E-state index is 5.87. The second-order valence-electron chi connectivity index (χ2n) is 5.49. The van der Waals surface area contributed by atoms with Gasteiger partial charge in [0.05, 0.1) is 17.9 Å². The van der Waals surface area contributed by atoms with Crippen LogP contribution in [0.3, 0.4) is 0 Å². The maximum Gasteiger partial charge on any atom is 0.183 e. The van der Waals surface area contributed by atoms with Gasteiger partial charge in [-0.2, -0.15) is 5.11 Å². The third-order valence-electron chi connectivity index (χ3n) is 3.44. The van der Waals surface area contributed by atoms with E-state index in [2.05, 4.69) is 27.5 Å². The molecule has 2 aromatic carbocycles. The Labute approximate surface area is 150 Å². The monoisotopic (exact) mass is 356 g/mol. The highest BCUT2D eigenvalue weighted by atomic mass is 35.5. The first-order valence-electron chi connectivity index (χ1n) is 7.53. The summed E-state index contributed by atoms with van der Waals surface area (Å²) in [4.78, 5) is 5.12. The van der Waals surface area contributed by atoms with Gasteiger partial charge in [0.2, 0.25) is 0 Å². The highest BCUT2D eigenvalue weighted by Gasteiger charge is 2.04. The molecule has 1 heterocycles. The van der Waals surface area contributed by atoms with Gasteiger partial charge in [0.15, 0.2) is 4.47 Å². The lowest BCUT2D eigenvalue weighted by atomic mass is 10.2. The van der Waals surface area contributed by atoms with Gasteiger partial charge in [-0.1, -0.05) is 35.4 Å². The zero-order valence-corrected chi connectivity index (χ0v) is 15.0. The van der Waals surface area contributed by atoms with E-state index in [9.17, 15) is 0 Å². The predicted octanol–water partition coefficient (Wildman–Crippen LogP) is 6.44. The molecule has 1 N–H and O–H groups in total. The summed E-state index contributed by atoms with van der Waals surface area (Å²) in [7, 11) is 0. The normalized spacial score (nSPS) is 11.1. The maximum atomic E-state index is 5.87. The van der Waals surface area contributed by atoms with Crippen LogP contribution in [0.15, 0.2) is 58.9 Å². The summed E-state index contributed by atoms with van der Waals surface area (Å²) in [5.74, 6) is 0. The molecule has 0 radical (unpaired) electrons. The van der Waals surface area contributed by atoms with Gasteiger partial charge in [-0.15, -0.1) is 16.5 Å². The summed E-state index contributed by atoms with van der Waals surface area (Å²) in [6.45, 7) is 4.74. The second kappa shape index (κ2) is 7.55. The van der Waals surface area contributed by atoms with Crippen molar-refractivity contribution in [2.45, 2.75) is 20.4 Å². The minimum absolute atomic E-state index is 0.551. The summed E-state index contributed by atoms with van der Waals surface area (Å²) in [5, 5.41) is 12.1. The van der Waals surface area contributed by atoms with Crippen LogP contribution in [-0.2, 0) is 6.54 Å². The number of halogens is 1. The molecule has 0 saturated carbocycles. The zero-order chi connectivity index (χ0) is 16.9. The van der Waals surface area contributed by atoms with Crippen LogP contribution in [0.5, 0.6) is 0 Å². The van der Waals surface area contributed by atoms with Crippen molar-refractivity contribution in [2.24, 2.45) is 10.2 Å². The van der Waals surface area contributed by atoms with Crippen LogP contribution >= 0.6 is 22.9 Å². The fourth-order valence-corrected chi connectivity index (χ4v) is 3.06. The van der Waals surface area contributed by atoms with Gasteiger partial charge < -0.3 is 5.32 Å². The molecule has 3 rings (SSSR count). The highest BCUT2D eigenvalue weighted by Crippen LogP contribution is 2.29. The third kappa shape index (κ3) is 4.40. The lowest BCUT2D eigenvalue weighted by Gasteiger charge is -2.08. The van der Waals surface area contributed by atoms with E-state index in [1.807, 2.05) is 49.4 Å². The van der Waals surface area contributed by atoms with Gasteiger partial charge in [0.25, 0.3) is 0 Å². The number of nitrogens with one attached hydrogen (secondary N) is 1. The SMILES string of the molecule is Cc1ccc(N=Nc2cc(C)ccc2NCc2cnc(Cl)s2)cc1. The molecule has 0 unspecified atom stereocenters. The summed E-state index contributed by atoms with van der Waals surface area (Å²) in [5.41, 5.74) is 4.92. The molecule has 0 saturated heterocycles. The third-order valence-corrected chi connectivity index (χ3v) is 4.55. The molecule has 1 aromatic heterocycles. The Balaban J connectivity index is 1.78. The van der Waals surface area contributed by atoms with Gasteiger partial charge in [0, 0.05) is 11.1 Å². The van der Waals surface area contributed by atoms with E-state index in [1.165, 1.54) is 16.9 Å². The Hall–Kier alpha value is -2.24. The van der Waals surface area contributed by atoms with Gasteiger partial charge in [-0.25, -0.2) is 4.98 Å². The van der Waals surface area contributed by atoms with Crippen molar-refractivity contribution < 1.29 is 0 Å². The number of aromatic nitrogens is 1. The summed E-state index contributed by atoms with van der Waals surface area (Å²) in [6.07, 6.45) is 1.78. The molecule has 0 bridgehead atoms. The molecule has 24 heavy (non-hydrogen) atoms. The highest BCUT2D eigenvalue weighted by molar-refractivity contribution is 7.15. The van der Waals surface area contributed by atoms with Crippen LogP contribution < -0.4 is 5.32 Å². The van der Waals surface area contributed by atoms with Gasteiger partial charge >= 0.3 is 0 Å². The quantitative estimate of drug-likeness (QED) is 0.534. The average molecular weight is 357 g/mol. The Morgan fingerprint density at radius 2 is 1.79 bits per heavy atom. The van der Waals surface area contributed by atoms with E-state index in [0.717, 1.165) is 27.5 Å². The number of aryl methyl sites for hydroxylation is 2. The number of hydrogen-bond donors (Lipinski definition) is 1. The van der Waals surface area contributed by atoms with Crippen LogP contribution in [0.4, 0.5) is 17.1 Å². The van der Waals surface area contributed by atoms with Crippen LogP contribution in [0.2, 0.25) is 4.47 Å². The first kappa shape index (κ1) is 16.6. The molecule has 3 aromatic rings. The molecule has 6 heteroatoms. The second-order valence-corrected chi connectivity index (χ2v) is 7.19. The molecule has 0 aliphatic rings. The van der Waals surface area contributed by atoms with Crippen molar-refractivity contribution >= 4 is 40.0 Å². The number of benzene rings is 2. The number of anilines is 1. The predicted molar refractivity (Wildman–Crippen MR) is 101 cm³/mol. The number of nitrogens with zero attached hydrogens (tertiary/aromatic N) is 3. The molecular weight excluding hydrogens is 340 g/mol. The Morgan fingerprint density at radius 1 is 1.04 bits per heavy atom. The van der Waals surface area contributed by atoms with Crippen LogP contribution in [-0.4, -0.2) is 4.98 Å². The molecule has 0 atom stereocenters. The lowest BCUT2D eigenvalue weighted by Crippen LogP contribution is -1.97. The topological polar surface area (TPSA) is 49.6 Å². The molecule has 4 nitrogen and oxygen atoms in total. The van der Waals surface area contributed by atoms with Crippen molar-refractivity contribution in [1.82, 2.24) is 4.98 Å². The lowest BCUT2D eigenvalue weighted by molar-refractivity contribution is 1.15. The average Bonchev–Trinajstić information content (AvgIpc) is 2.99. The van der Waals surface area contributed by atoms with Gasteiger partial charge in [-0.05, 0) is 43.7 Å². The fourth-order valence-electron chi connectivity index (χ4n) is 2.14. The van der Waals surface area contributed by atoms with E-state index < -0.39 is 0 Å². The zero-order valence-electron chi connectivity index (χ0n) is 13.5. The number of rotatable bonds is 5. The van der Waals surface area contributed by atoms with Crippen molar-refractivity contribution in [3.63, 3.8) is 0 Å². The minimum Gasteiger partial charge on any atom is -0.378 e. The number of thiazole rings is 1. The minimum atomic E-state index is 0.551. The number of azo groups is 1. The van der Waals surface area contributed by atoms with Crippen molar-refractivity contribution in [1.29, 1.82) is 0 Å². The smallest absolute Gasteiger partial charge is 0.183 e. The standard InChI is InChI=1S/C18H17ClN4S/c1-12-3-6-14(7-4-12)22-23-17-9-13(2)5-8-16(17)20-10-15-11-21-18(19)24-15/h3-9,11,20H,10H2,1-2H3. The van der Waals surface area contributed by atoms with Crippen molar-refractivity contribution in [3.8, 4) is 0 Å². The molecule has 0 aliphatic heterocycles. The largest absolute Gasteiger partial charge is 0.378 e. The molecule has 0 aliphatic carbocycles. The molecule has 122 valence electrons. The summed E-state index contributed by atoms with van der Waals surface area (Å²) >= 11 is 7.33. The van der Waals surface area contributed by atoms with Crippen LogP contribution in [0.25, 0.3) is 0 Å². The first-order valence-corrected chi connectivity index (χ1v) is 8.73. The summed E-state index contributed by atoms with van der Waals surface area (Å²) < 4.78 is 0.551. The van der Waals surface area contributed by atoms with Gasteiger partial charge in [-0.3, -0.25) is 0 Å². The van der Waals surface area contributed by atoms with E-state index in [-0.39, 0.29) is 0 Å².